The van der Waals surface area contributed by atoms with Crippen LogP contribution in [0.3, 0.4) is 0 Å². The van der Waals surface area contributed by atoms with Gasteiger partial charge in [-0.2, -0.15) is 0 Å². The van der Waals surface area contributed by atoms with Gasteiger partial charge in [0, 0.05) is 24.3 Å². The summed E-state index contributed by atoms with van der Waals surface area (Å²) in [4.78, 5) is 71.1. The van der Waals surface area contributed by atoms with E-state index in [2.05, 4.69) is 0 Å². The maximum Gasteiger partial charge on any atom is 0.329 e. The molecule has 2 heterocycles. The molecule has 0 aromatic heterocycles. The van der Waals surface area contributed by atoms with Crippen molar-refractivity contribution in [2.75, 3.05) is 13.2 Å². The largest absolute Gasteiger partial charge is 0.461 e. The van der Waals surface area contributed by atoms with Crippen LogP contribution in [0.5, 0.6) is 0 Å². The molecule has 0 radical (unpaired) electrons. The number of hydrogen-bond donors (Lipinski definition) is 0. The van der Waals surface area contributed by atoms with Gasteiger partial charge in [-0.3, -0.25) is 29.0 Å². The molecule has 10 heteroatoms. The molecule has 0 fully saturated rings. The van der Waals surface area contributed by atoms with E-state index in [0.29, 0.717) is 0 Å². The van der Waals surface area contributed by atoms with E-state index < -0.39 is 47.7 Å². The summed E-state index contributed by atoms with van der Waals surface area (Å²) >= 11 is 0. The second kappa shape index (κ2) is 7.72. The Labute approximate surface area is 148 Å². The molecule has 2 aliphatic rings. The third-order valence-corrected chi connectivity index (χ3v) is 3.72. The summed E-state index contributed by atoms with van der Waals surface area (Å²) in [5.74, 6) is -4.15. The Kier molecular flexibility index (Phi) is 5.65. The average molecular weight is 364 g/mol. The van der Waals surface area contributed by atoms with E-state index >= 15 is 0 Å². The zero-order valence-corrected chi connectivity index (χ0v) is 14.0. The van der Waals surface area contributed by atoms with Gasteiger partial charge in [0.2, 0.25) is 0 Å². The number of rotatable bonds is 7. The molecule has 2 atom stereocenters. The van der Waals surface area contributed by atoms with Gasteiger partial charge in [-0.15, -0.1) is 0 Å². The minimum atomic E-state index is -1.12. The van der Waals surface area contributed by atoms with Gasteiger partial charge in [-0.25, -0.2) is 9.59 Å². The highest BCUT2D eigenvalue weighted by Crippen LogP contribution is 2.11. The number of hydrogen-bond acceptors (Lipinski definition) is 8. The van der Waals surface area contributed by atoms with Crippen molar-refractivity contribution in [2.24, 2.45) is 0 Å². The van der Waals surface area contributed by atoms with Crippen LogP contribution in [0.2, 0.25) is 0 Å². The third kappa shape index (κ3) is 3.85. The van der Waals surface area contributed by atoms with Crippen LogP contribution in [0.15, 0.2) is 24.3 Å². The van der Waals surface area contributed by atoms with Crippen molar-refractivity contribution >= 4 is 35.6 Å². The van der Waals surface area contributed by atoms with Crippen LogP contribution in [0.4, 0.5) is 0 Å². The average Bonchev–Trinajstić information content (AvgIpc) is 3.11. The normalized spacial score (nSPS) is 18.5. The molecule has 2 unspecified atom stereocenters. The Bertz CT molecular complexity index is 641. The van der Waals surface area contributed by atoms with Gasteiger partial charge in [0.05, 0.1) is 0 Å². The molecule has 2 aliphatic heterocycles. The summed E-state index contributed by atoms with van der Waals surface area (Å²) in [7, 11) is 0. The molecule has 0 bridgehead atoms. The lowest BCUT2D eigenvalue weighted by Crippen LogP contribution is -2.45. The van der Waals surface area contributed by atoms with Crippen LogP contribution in [0.1, 0.15) is 13.8 Å². The molecule has 0 spiro atoms. The predicted octanol–water partition coefficient (Wildman–Crippen LogP) is -1.30. The maximum atomic E-state index is 11.9. The number of ether oxygens (including phenoxy) is 2. The van der Waals surface area contributed by atoms with Crippen molar-refractivity contribution < 1.29 is 38.2 Å². The van der Waals surface area contributed by atoms with Crippen molar-refractivity contribution in [3.63, 3.8) is 0 Å². The van der Waals surface area contributed by atoms with E-state index in [0.717, 1.165) is 34.1 Å². The third-order valence-electron chi connectivity index (χ3n) is 3.72. The van der Waals surface area contributed by atoms with Gasteiger partial charge in [-0.1, -0.05) is 0 Å². The summed E-state index contributed by atoms with van der Waals surface area (Å²) < 4.78 is 9.72. The minimum absolute atomic E-state index is 0.314. The summed E-state index contributed by atoms with van der Waals surface area (Å²) in [5, 5.41) is 0. The number of nitrogens with zero attached hydrogens (tertiary/aromatic N) is 2. The fourth-order valence-corrected chi connectivity index (χ4v) is 2.32. The maximum absolute atomic E-state index is 11.9. The van der Waals surface area contributed by atoms with Crippen LogP contribution in [-0.4, -0.2) is 70.7 Å². The van der Waals surface area contributed by atoms with E-state index in [1.54, 1.807) is 0 Å². The SMILES string of the molecule is CC(C(=O)OCCOC(=O)C(C)N1C(=O)C=CC1=O)N1C(=O)C=CC1=O. The van der Waals surface area contributed by atoms with Crippen molar-refractivity contribution in [3.8, 4) is 0 Å². The Hall–Kier alpha value is -3.30. The summed E-state index contributed by atoms with van der Waals surface area (Å²) in [6, 6.07) is -2.24. The van der Waals surface area contributed by atoms with Gasteiger partial charge in [-0.05, 0) is 13.8 Å². The molecule has 0 aromatic carbocycles. The zero-order valence-electron chi connectivity index (χ0n) is 14.0. The van der Waals surface area contributed by atoms with Crippen LogP contribution in [0, 0.1) is 0 Å². The molecular formula is C16H16N2O8. The Morgan fingerprint density at radius 3 is 1.27 bits per heavy atom. The number of imide groups is 2. The molecule has 4 amide bonds. The summed E-state index contributed by atoms with van der Waals surface area (Å²) in [5.41, 5.74) is 0. The highest BCUT2D eigenvalue weighted by molar-refractivity contribution is 6.15. The smallest absolute Gasteiger partial charge is 0.329 e. The van der Waals surface area contributed by atoms with E-state index in [1.165, 1.54) is 13.8 Å². The first-order valence-corrected chi connectivity index (χ1v) is 7.67. The lowest BCUT2D eigenvalue weighted by atomic mass is 10.3. The van der Waals surface area contributed by atoms with Crippen molar-refractivity contribution in [1.82, 2.24) is 9.80 Å². The molecular weight excluding hydrogens is 348 g/mol. The zero-order chi connectivity index (χ0) is 19.4. The number of carbonyl (C=O) groups is 6. The lowest BCUT2D eigenvalue weighted by molar-refractivity contribution is -0.162. The quantitative estimate of drug-likeness (QED) is 0.310. The van der Waals surface area contributed by atoms with Gasteiger partial charge in [0.25, 0.3) is 23.6 Å². The second-order valence-corrected chi connectivity index (χ2v) is 5.45. The number of amides is 4. The molecule has 0 saturated heterocycles. The van der Waals surface area contributed by atoms with Gasteiger partial charge >= 0.3 is 11.9 Å². The van der Waals surface area contributed by atoms with E-state index in [-0.39, 0.29) is 13.2 Å². The molecule has 0 N–H and O–H groups in total. The molecule has 0 aliphatic carbocycles. The van der Waals surface area contributed by atoms with E-state index in [4.69, 9.17) is 9.47 Å². The molecule has 26 heavy (non-hydrogen) atoms. The minimum Gasteiger partial charge on any atom is -0.461 e. The predicted molar refractivity (Wildman–Crippen MR) is 82.8 cm³/mol. The fourth-order valence-electron chi connectivity index (χ4n) is 2.32. The van der Waals surface area contributed by atoms with Crippen LogP contribution in [-0.2, 0) is 38.2 Å². The van der Waals surface area contributed by atoms with Crippen LogP contribution >= 0.6 is 0 Å². The number of carbonyl (C=O) groups excluding carboxylic acids is 6. The van der Waals surface area contributed by atoms with E-state index in [9.17, 15) is 28.8 Å². The summed E-state index contributed by atoms with van der Waals surface area (Å²) in [6.45, 7) is 2.03. The van der Waals surface area contributed by atoms with Crippen molar-refractivity contribution in [3.05, 3.63) is 24.3 Å². The molecule has 0 aromatic rings. The number of esters is 2. The first kappa shape index (κ1) is 19.0. The first-order chi connectivity index (χ1) is 12.2. The standard InChI is InChI=1S/C16H16N2O8/c1-9(17-11(19)3-4-12(17)20)15(23)25-7-8-26-16(24)10(2)18-13(21)5-6-14(18)22/h3-6,9-10H,7-8H2,1-2H3. The molecule has 10 nitrogen and oxygen atoms in total. The first-order valence-electron chi connectivity index (χ1n) is 7.67. The van der Waals surface area contributed by atoms with E-state index in [1.807, 2.05) is 0 Å². The van der Waals surface area contributed by atoms with Crippen LogP contribution in [0.25, 0.3) is 0 Å². The molecule has 2 rings (SSSR count). The Morgan fingerprint density at radius 2 is 1.00 bits per heavy atom. The summed E-state index contributed by atoms with van der Waals surface area (Å²) in [6.07, 6.45) is 4.19. The topological polar surface area (TPSA) is 127 Å². The van der Waals surface area contributed by atoms with Crippen LogP contribution < -0.4 is 0 Å². The molecule has 138 valence electrons. The Morgan fingerprint density at radius 1 is 0.731 bits per heavy atom. The second-order valence-electron chi connectivity index (χ2n) is 5.45. The van der Waals surface area contributed by atoms with Gasteiger partial charge in [0.1, 0.15) is 25.3 Å². The fraction of sp³-hybridized carbons (Fsp3) is 0.375. The molecule has 0 saturated carbocycles. The van der Waals surface area contributed by atoms with Crippen molar-refractivity contribution in [1.29, 1.82) is 0 Å². The van der Waals surface area contributed by atoms with Gasteiger partial charge < -0.3 is 9.47 Å². The monoisotopic (exact) mass is 364 g/mol. The Balaban J connectivity index is 1.74. The van der Waals surface area contributed by atoms with Crippen molar-refractivity contribution in [2.45, 2.75) is 25.9 Å². The highest BCUT2D eigenvalue weighted by Gasteiger charge is 2.35. The highest BCUT2D eigenvalue weighted by atomic mass is 16.6. The lowest BCUT2D eigenvalue weighted by Gasteiger charge is -2.22. The van der Waals surface area contributed by atoms with Gasteiger partial charge in [0.15, 0.2) is 0 Å².